The Morgan fingerprint density at radius 3 is 2.79 bits per heavy atom. The van der Waals surface area contributed by atoms with Crippen LogP contribution in [0.15, 0.2) is 0 Å². The van der Waals surface area contributed by atoms with Crippen LogP contribution in [0.4, 0.5) is 0 Å². The number of aromatic nitrogens is 3. The van der Waals surface area contributed by atoms with E-state index >= 15 is 0 Å². The minimum Gasteiger partial charge on any atom is -0.299 e. The minimum atomic E-state index is 0.364. The summed E-state index contributed by atoms with van der Waals surface area (Å²) in [4.78, 5) is 4.40. The first-order valence-electron chi connectivity index (χ1n) is 4.69. The van der Waals surface area contributed by atoms with E-state index in [1.165, 1.54) is 0 Å². The van der Waals surface area contributed by atoms with Crippen molar-refractivity contribution in [2.45, 2.75) is 26.3 Å². The summed E-state index contributed by atoms with van der Waals surface area (Å²) in [5.74, 6) is 4.68. The van der Waals surface area contributed by atoms with E-state index in [1.54, 1.807) is 4.68 Å². The van der Waals surface area contributed by atoms with Gasteiger partial charge < -0.3 is 0 Å². The second kappa shape index (κ2) is 4.77. The molecule has 0 spiro atoms. The van der Waals surface area contributed by atoms with E-state index in [-0.39, 0.29) is 0 Å². The van der Waals surface area contributed by atoms with Crippen LogP contribution in [0.1, 0.15) is 31.4 Å². The summed E-state index contributed by atoms with van der Waals surface area (Å²) in [5, 5.41) is 7.39. The van der Waals surface area contributed by atoms with E-state index < -0.39 is 0 Å². The van der Waals surface area contributed by atoms with Gasteiger partial charge in [0.1, 0.15) is 5.82 Å². The lowest BCUT2D eigenvalue weighted by molar-refractivity contribution is 0.641. The van der Waals surface area contributed by atoms with Crippen molar-refractivity contribution in [2.75, 3.05) is 6.54 Å². The normalized spacial score (nSPS) is 10.5. The Bertz CT molecular complexity index is 332. The lowest BCUT2D eigenvalue weighted by Gasteiger charge is -1.98. The second-order valence-electron chi connectivity index (χ2n) is 3.47. The third-order valence-electron chi connectivity index (χ3n) is 1.90. The molecule has 0 aromatic carbocycles. The second-order valence-corrected chi connectivity index (χ2v) is 3.47. The fraction of sp³-hybridized carbons (Fsp3) is 0.600. The highest BCUT2D eigenvalue weighted by Gasteiger charge is 2.08. The average molecular weight is 192 g/mol. The molecule has 1 heterocycles. The predicted molar refractivity (Wildman–Crippen MR) is 55.6 cm³/mol. The van der Waals surface area contributed by atoms with Crippen LogP contribution in [0.3, 0.4) is 0 Å². The highest BCUT2D eigenvalue weighted by molar-refractivity contribution is 4.97. The van der Waals surface area contributed by atoms with Gasteiger partial charge in [0.05, 0.1) is 13.1 Å². The van der Waals surface area contributed by atoms with Gasteiger partial charge in [-0.05, 0) is 0 Å². The number of nitrogens with zero attached hydrogens (tertiary/aromatic N) is 3. The molecule has 0 saturated carbocycles. The van der Waals surface area contributed by atoms with Gasteiger partial charge in [0.2, 0.25) is 0 Å². The van der Waals surface area contributed by atoms with Crippen molar-refractivity contribution in [1.82, 2.24) is 20.1 Å². The van der Waals surface area contributed by atoms with Gasteiger partial charge in [-0.25, -0.2) is 4.98 Å². The summed E-state index contributed by atoms with van der Waals surface area (Å²) in [6, 6.07) is 0. The SMILES string of the molecule is C#CCNCc1nc(C(C)C)nn1C. The lowest BCUT2D eigenvalue weighted by Crippen LogP contribution is -2.16. The quantitative estimate of drug-likeness (QED) is 0.563. The van der Waals surface area contributed by atoms with Crippen molar-refractivity contribution >= 4 is 0 Å². The summed E-state index contributed by atoms with van der Waals surface area (Å²) in [6.45, 7) is 5.38. The Labute approximate surface area is 84.7 Å². The van der Waals surface area contributed by atoms with E-state index in [2.05, 4.69) is 35.2 Å². The minimum absolute atomic E-state index is 0.364. The Morgan fingerprint density at radius 2 is 2.29 bits per heavy atom. The number of nitrogens with one attached hydrogen (secondary N) is 1. The highest BCUT2D eigenvalue weighted by atomic mass is 15.3. The molecule has 1 rings (SSSR count). The summed E-state index contributed by atoms with van der Waals surface area (Å²) in [5.41, 5.74) is 0. The van der Waals surface area contributed by atoms with Gasteiger partial charge in [-0.1, -0.05) is 19.8 Å². The van der Waals surface area contributed by atoms with Crippen LogP contribution in [-0.4, -0.2) is 21.3 Å². The molecular formula is C10H16N4. The molecule has 0 amide bonds. The summed E-state index contributed by atoms with van der Waals surface area (Å²) < 4.78 is 1.79. The molecule has 0 aliphatic carbocycles. The van der Waals surface area contributed by atoms with Crippen LogP contribution in [0.5, 0.6) is 0 Å². The van der Waals surface area contributed by atoms with Crippen LogP contribution in [0.25, 0.3) is 0 Å². The number of aryl methyl sites for hydroxylation is 1. The Hall–Kier alpha value is -1.34. The maximum atomic E-state index is 5.13. The summed E-state index contributed by atoms with van der Waals surface area (Å²) in [6.07, 6.45) is 5.13. The molecule has 0 saturated heterocycles. The summed E-state index contributed by atoms with van der Waals surface area (Å²) in [7, 11) is 1.89. The first kappa shape index (κ1) is 10.7. The number of terminal acetylenes is 1. The van der Waals surface area contributed by atoms with Crippen molar-refractivity contribution in [3.05, 3.63) is 11.6 Å². The van der Waals surface area contributed by atoms with Gasteiger partial charge in [-0.2, -0.15) is 5.10 Å². The maximum Gasteiger partial charge on any atom is 0.153 e. The van der Waals surface area contributed by atoms with E-state index in [9.17, 15) is 0 Å². The molecule has 4 heteroatoms. The first-order valence-corrected chi connectivity index (χ1v) is 4.69. The average Bonchev–Trinajstić information content (AvgIpc) is 2.49. The van der Waals surface area contributed by atoms with E-state index in [4.69, 9.17) is 6.42 Å². The molecule has 0 atom stereocenters. The largest absolute Gasteiger partial charge is 0.299 e. The molecule has 0 unspecified atom stereocenters. The molecule has 76 valence electrons. The van der Waals surface area contributed by atoms with Crippen molar-refractivity contribution < 1.29 is 0 Å². The number of rotatable bonds is 4. The van der Waals surface area contributed by atoms with Crippen molar-refractivity contribution in [1.29, 1.82) is 0 Å². The molecule has 1 aromatic rings. The third-order valence-corrected chi connectivity index (χ3v) is 1.90. The lowest BCUT2D eigenvalue weighted by atomic mass is 10.2. The Balaban J connectivity index is 2.64. The zero-order valence-corrected chi connectivity index (χ0v) is 8.91. The Morgan fingerprint density at radius 1 is 1.57 bits per heavy atom. The predicted octanol–water partition coefficient (Wildman–Crippen LogP) is 0.661. The molecule has 0 aliphatic rings. The molecule has 14 heavy (non-hydrogen) atoms. The van der Waals surface area contributed by atoms with Crippen LogP contribution in [-0.2, 0) is 13.6 Å². The van der Waals surface area contributed by atoms with Gasteiger partial charge in [-0.3, -0.25) is 10.00 Å². The van der Waals surface area contributed by atoms with Gasteiger partial charge >= 0.3 is 0 Å². The zero-order chi connectivity index (χ0) is 10.6. The standard InChI is InChI=1S/C10H16N4/c1-5-6-11-7-9-12-10(8(2)3)13-14(9)4/h1,8,11H,6-7H2,2-4H3. The van der Waals surface area contributed by atoms with Crippen LogP contribution < -0.4 is 5.32 Å². The molecule has 0 fully saturated rings. The van der Waals surface area contributed by atoms with E-state index in [1.807, 2.05) is 7.05 Å². The molecule has 4 nitrogen and oxygen atoms in total. The van der Waals surface area contributed by atoms with Gasteiger partial charge in [-0.15, -0.1) is 6.42 Å². The van der Waals surface area contributed by atoms with Crippen LogP contribution >= 0.6 is 0 Å². The summed E-state index contributed by atoms with van der Waals surface area (Å²) >= 11 is 0. The molecule has 0 bridgehead atoms. The van der Waals surface area contributed by atoms with Gasteiger partial charge in [0, 0.05) is 13.0 Å². The van der Waals surface area contributed by atoms with Crippen LogP contribution in [0, 0.1) is 12.3 Å². The van der Waals surface area contributed by atoms with E-state index in [0.29, 0.717) is 19.0 Å². The number of hydrogen-bond donors (Lipinski definition) is 1. The van der Waals surface area contributed by atoms with Crippen molar-refractivity contribution in [3.8, 4) is 12.3 Å². The maximum absolute atomic E-state index is 5.13. The van der Waals surface area contributed by atoms with Crippen molar-refractivity contribution in [3.63, 3.8) is 0 Å². The Kier molecular flexibility index (Phi) is 3.66. The molecule has 1 aromatic heterocycles. The fourth-order valence-corrected chi connectivity index (χ4v) is 1.08. The van der Waals surface area contributed by atoms with Gasteiger partial charge in [0.25, 0.3) is 0 Å². The molecular weight excluding hydrogens is 176 g/mol. The van der Waals surface area contributed by atoms with E-state index in [0.717, 1.165) is 11.6 Å². The number of hydrogen-bond acceptors (Lipinski definition) is 3. The monoisotopic (exact) mass is 192 g/mol. The molecule has 0 radical (unpaired) electrons. The van der Waals surface area contributed by atoms with Crippen LogP contribution in [0.2, 0.25) is 0 Å². The smallest absolute Gasteiger partial charge is 0.153 e. The topological polar surface area (TPSA) is 42.7 Å². The first-order chi connectivity index (χ1) is 6.65. The van der Waals surface area contributed by atoms with Crippen molar-refractivity contribution in [2.24, 2.45) is 7.05 Å². The fourth-order valence-electron chi connectivity index (χ4n) is 1.08. The van der Waals surface area contributed by atoms with Gasteiger partial charge in [0.15, 0.2) is 5.82 Å². The highest BCUT2D eigenvalue weighted by Crippen LogP contribution is 2.08. The third kappa shape index (κ3) is 2.57. The molecule has 1 N–H and O–H groups in total. The zero-order valence-electron chi connectivity index (χ0n) is 8.91. The molecule has 0 aliphatic heterocycles.